The molecule has 2 aromatic rings. The molecule has 0 unspecified atom stereocenters. The maximum atomic E-state index is 12.8. The number of ether oxygens (including phenoxy) is 4. The van der Waals surface area contributed by atoms with Gasteiger partial charge in [-0.25, -0.2) is 0 Å². The molecule has 0 saturated carbocycles. The van der Waals surface area contributed by atoms with Gasteiger partial charge in [0.25, 0.3) is 0 Å². The Morgan fingerprint density at radius 3 is 2.72 bits per heavy atom. The molecule has 32 heavy (non-hydrogen) atoms. The van der Waals surface area contributed by atoms with E-state index in [1.807, 2.05) is 6.92 Å². The molecule has 0 radical (unpaired) electrons. The van der Waals surface area contributed by atoms with E-state index in [0.29, 0.717) is 38.4 Å². The monoisotopic (exact) mass is 440 g/mol. The Balaban J connectivity index is 1.41. The van der Waals surface area contributed by atoms with Crippen molar-refractivity contribution in [3.05, 3.63) is 45.6 Å². The minimum Gasteiger partial charge on any atom is -0.476 e. The number of methoxy groups -OCH3 is 1. The van der Waals surface area contributed by atoms with Crippen LogP contribution in [0.5, 0.6) is 5.88 Å². The van der Waals surface area contributed by atoms with Crippen LogP contribution >= 0.6 is 0 Å². The summed E-state index contributed by atoms with van der Waals surface area (Å²) in [6, 6.07) is 8.27. The highest BCUT2D eigenvalue weighted by Crippen LogP contribution is 2.36. The van der Waals surface area contributed by atoms with E-state index in [0.717, 1.165) is 55.7 Å². The minimum atomic E-state index is -0.0999. The highest BCUT2D eigenvalue weighted by molar-refractivity contribution is 5.72. The van der Waals surface area contributed by atoms with E-state index in [1.54, 1.807) is 13.2 Å². The number of fused-ring (bicyclic) bond motifs is 3. The van der Waals surface area contributed by atoms with Gasteiger partial charge >= 0.3 is 0 Å². The van der Waals surface area contributed by atoms with Gasteiger partial charge in [0.05, 0.1) is 31.6 Å². The van der Waals surface area contributed by atoms with Crippen LogP contribution in [0.1, 0.15) is 24.0 Å². The van der Waals surface area contributed by atoms with E-state index in [2.05, 4.69) is 27.7 Å². The molecule has 0 aliphatic carbocycles. The van der Waals surface area contributed by atoms with Gasteiger partial charge in [0.1, 0.15) is 12.7 Å². The summed E-state index contributed by atoms with van der Waals surface area (Å²) >= 11 is 0. The van der Waals surface area contributed by atoms with Gasteiger partial charge in [0.2, 0.25) is 0 Å². The van der Waals surface area contributed by atoms with Crippen LogP contribution < -0.4 is 15.1 Å². The van der Waals surface area contributed by atoms with Crippen molar-refractivity contribution in [2.45, 2.75) is 44.9 Å². The first kappa shape index (κ1) is 21.5. The number of pyridine rings is 1. The van der Waals surface area contributed by atoms with Crippen LogP contribution in [0, 0.1) is 6.92 Å². The second-order valence-corrected chi connectivity index (χ2v) is 8.86. The summed E-state index contributed by atoms with van der Waals surface area (Å²) in [6.45, 7) is 6.83. The predicted molar refractivity (Wildman–Crippen MR) is 123 cm³/mol. The molecule has 1 aromatic heterocycles. The Hall–Kier alpha value is -2.35. The van der Waals surface area contributed by atoms with Gasteiger partial charge < -0.3 is 28.4 Å². The number of aryl methyl sites for hydroxylation is 1. The molecule has 0 amide bonds. The van der Waals surface area contributed by atoms with Gasteiger partial charge in [-0.15, -0.1) is 0 Å². The van der Waals surface area contributed by atoms with Crippen molar-refractivity contribution < 1.29 is 18.9 Å². The number of rotatable bonds is 5. The zero-order valence-electron chi connectivity index (χ0n) is 19.0. The molecule has 0 spiro atoms. The van der Waals surface area contributed by atoms with Crippen LogP contribution in [0.15, 0.2) is 29.1 Å². The molecule has 7 heteroatoms. The summed E-state index contributed by atoms with van der Waals surface area (Å²) in [4.78, 5) is 15.2. The zero-order chi connectivity index (χ0) is 22.1. The van der Waals surface area contributed by atoms with Crippen LogP contribution in [0.25, 0.3) is 11.3 Å². The van der Waals surface area contributed by atoms with Gasteiger partial charge in [-0.1, -0.05) is 6.07 Å². The molecule has 2 fully saturated rings. The summed E-state index contributed by atoms with van der Waals surface area (Å²) in [7, 11) is 1.80. The summed E-state index contributed by atoms with van der Waals surface area (Å²) in [5.41, 5.74) is 5.42. The molecular formula is C25H32N2O5. The Morgan fingerprint density at radius 2 is 1.97 bits per heavy atom. The molecule has 3 aliphatic heterocycles. The van der Waals surface area contributed by atoms with Gasteiger partial charge in [0.15, 0.2) is 11.3 Å². The molecule has 5 rings (SSSR count). The lowest BCUT2D eigenvalue weighted by molar-refractivity contribution is -0.102. The lowest BCUT2D eigenvalue weighted by atomic mass is 9.93. The molecule has 4 heterocycles. The van der Waals surface area contributed by atoms with E-state index in [9.17, 15) is 4.79 Å². The fourth-order valence-electron chi connectivity index (χ4n) is 5.02. The SMILES string of the molecule is COC1CCN(c2ccc3c(c2)CCn2c(OC[C@@H]4COCCO4)cc(=O)c(C)c2-3)CC1. The van der Waals surface area contributed by atoms with Crippen molar-refractivity contribution in [2.75, 3.05) is 51.5 Å². The number of nitrogens with zero attached hydrogens (tertiary/aromatic N) is 2. The predicted octanol–water partition coefficient (Wildman–Crippen LogP) is 2.79. The van der Waals surface area contributed by atoms with E-state index in [-0.39, 0.29) is 11.5 Å². The van der Waals surface area contributed by atoms with Crippen LogP contribution in [0.2, 0.25) is 0 Å². The number of aromatic nitrogens is 1. The summed E-state index contributed by atoms with van der Waals surface area (Å²) in [5.74, 6) is 0.612. The maximum absolute atomic E-state index is 12.8. The normalized spacial score (nSPS) is 21.2. The second-order valence-electron chi connectivity index (χ2n) is 8.86. The highest BCUT2D eigenvalue weighted by Gasteiger charge is 2.25. The first-order valence-corrected chi connectivity index (χ1v) is 11.6. The lowest BCUT2D eigenvalue weighted by Gasteiger charge is -2.34. The van der Waals surface area contributed by atoms with E-state index in [4.69, 9.17) is 18.9 Å². The third-order valence-corrected chi connectivity index (χ3v) is 6.91. The average molecular weight is 441 g/mol. The minimum absolute atomic E-state index is 0.00521. The van der Waals surface area contributed by atoms with Crippen LogP contribution in [0.3, 0.4) is 0 Å². The first-order valence-electron chi connectivity index (χ1n) is 11.6. The van der Waals surface area contributed by atoms with E-state index in [1.165, 1.54) is 11.3 Å². The number of anilines is 1. The third-order valence-electron chi connectivity index (χ3n) is 6.91. The quantitative estimate of drug-likeness (QED) is 0.713. The topological polar surface area (TPSA) is 62.2 Å². The first-order chi connectivity index (χ1) is 15.6. The number of piperidine rings is 1. The summed E-state index contributed by atoms with van der Waals surface area (Å²) < 4.78 is 24.9. The Morgan fingerprint density at radius 1 is 1.12 bits per heavy atom. The fraction of sp³-hybridized carbons (Fsp3) is 0.560. The third kappa shape index (κ3) is 4.17. The molecule has 7 nitrogen and oxygen atoms in total. The molecule has 172 valence electrons. The van der Waals surface area contributed by atoms with Gasteiger partial charge in [-0.3, -0.25) is 4.79 Å². The van der Waals surface area contributed by atoms with Crippen LogP contribution in [-0.2, 0) is 27.2 Å². The summed E-state index contributed by atoms with van der Waals surface area (Å²) in [5, 5.41) is 0. The van der Waals surface area contributed by atoms with Crippen molar-refractivity contribution in [1.82, 2.24) is 4.57 Å². The number of hydrogen-bond donors (Lipinski definition) is 0. The van der Waals surface area contributed by atoms with Crippen molar-refractivity contribution in [2.24, 2.45) is 0 Å². The van der Waals surface area contributed by atoms with E-state index >= 15 is 0 Å². The number of benzene rings is 1. The fourth-order valence-corrected chi connectivity index (χ4v) is 5.02. The lowest BCUT2D eigenvalue weighted by Crippen LogP contribution is -2.36. The van der Waals surface area contributed by atoms with Crippen molar-refractivity contribution in [1.29, 1.82) is 0 Å². The Kier molecular flexibility index (Phi) is 6.22. The standard InChI is InChI=1S/C25H32N2O5/c1-17-23(28)14-24(32-16-21-15-30-11-12-31-21)27-10-5-18-13-19(3-4-22(18)25(17)27)26-8-6-20(29-2)7-9-26/h3-4,13-14,20-21H,5-12,15-16H2,1-2H3/t21-/m0/s1. The molecule has 1 aromatic carbocycles. The molecule has 2 saturated heterocycles. The average Bonchev–Trinajstić information content (AvgIpc) is 2.85. The molecule has 0 bridgehead atoms. The second kappa shape index (κ2) is 9.25. The largest absolute Gasteiger partial charge is 0.476 e. The Bertz CT molecular complexity index is 1020. The smallest absolute Gasteiger partial charge is 0.197 e. The van der Waals surface area contributed by atoms with Crippen molar-refractivity contribution in [3.8, 4) is 17.1 Å². The van der Waals surface area contributed by atoms with Gasteiger partial charge in [-0.2, -0.15) is 0 Å². The zero-order valence-corrected chi connectivity index (χ0v) is 19.0. The molecular weight excluding hydrogens is 408 g/mol. The maximum Gasteiger partial charge on any atom is 0.197 e. The summed E-state index contributed by atoms with van der Waals surface area (Å²) in [6.07, 6.45) is 3.29. The highest BCUT2D eigenvalue weighted by atomic mass is 16.6. The van der Waals surface area contributed by atoms with Crippen molar-refractivity contribution in [3.63, 3.8) is 0 Å². The Labute approximate surface area is 188 Å². The van der Waals surface area contributed by atoms with E-state index < -0.39 is 0 Å². The van der Waals surface area contributed by atoms with Crippen LogP contribution in [0.4, 0.5) is 5.69 Å². The number of hydrogen-bond acceptors (Lipinski definition) is 6. The molecule has 1 atom stereocenters. The molecule has 3 aliphatic rings. The van der Waals surface area contributed by atoms with Gasteiger partial charge in [0, 0.05) is 49.6 Å². The van der Waals surface area contributed by atoms with Gasteiger partial charge in [-0.05, 0) is 43.9 Å². The van der Waals surface area contributed by atoms with Crippen molar-refractivity contribution >= 4 is 5.69 Å². The van der Waals surface area contributed by atoms with Crippen LogP contribution in [-0.4, -0.2) is 63.4 Å². The molecule has 0 N–H and O–H groups in total.